The maximum Gasteiger partial charge on any atom is 0.328 e. The third-order valence-electron chi connectivity index (χ3n) is 5.11. The van der Waals surface area contributed by atoms with Crippen molar-refractivity contribution in [2.24, 2.45) is 0 Å². The molecule has 8 heteroatoms. The highest BCUT2D eigenvalue weighted by atomic mass is 16.5. The van der Waals surface area contributed by atoms with E-state index in [2.05, 4.69) is 26.0 Å². The topological polar surface area (TPSA) is 103 Å². The molecule has 2 N–H and O–H groups in total. The summed E-state index contributed by atoms with van der Waals surface area (Å²) in [4.78, 5) is 34.9. The van der Waals surface area contributed by atoms with E-state index in [9.17, 15) is 14.4 Å². The van der Waals surface area contributed by atoms with Crippen molar-refractivity contribution in [2.45, 2.75) is 26.2 Å². The Morgan fingerprint density at radius 1 is 0.906 bits per heavy atom. The Morgan fingerprint density at radius 2 is 1.56 bits per heavy atom. The third-order valence-corrected chi connectivity index (χ3v) is 5.11. The lowest BCUT2D eigenvalue weighted by molar-refractivity contribution is -0.123. The Morgan fingerprint density at radius 3 is 2.19 bits per heavy atom. The molecular formula is C24H26N2O6. The molecule has 168 valence electrons. The number of benzene rings is 2. The van der Waals surface area contributed by atoms with E-state index in [4.69, 9.17) is 14.2 Å². The number of carbonyl (C=O) groups is 3. The molecule has 2 aromatic carbocycles. The first kappa shape index (κ1) is 22.9. The van der Waals surface area contributed by atoms with Gasteiger partial charge in [-0.25, -0.2) is 4.79 Å². The first-order chi connectivity index (χ1) is 15.4. The number of urea groups is 1. The van der Waals surface area contributed by atoms with Crippen molar-refractivity contribution >= 4 is 23.9 Å². The molecule has 0 unspecified atom stereocenters. The molecule has 1 aliphatic rings. The van der Waals surface area contributed by atoms with Gasteiger partial charge in [0.25, 0.3) is 11.8 Å². The van der Waals surface area contributed by atoms with Gasteiger partial charge in [-0.1, -0.05) is 32.0 Å². The zero-order valence-corrected chi connectivity index (χ0v) is 18.3. The number of ether oxygens (including phenoxy) is 3. The van der Waals surface area contributed by atoms with E-state index in [1.54, 1.807) is 18.2 Å². The number of hydrogen-bond donors (Lipinski definition) is 2. The normalized spacial score (nSPS) is 14.3. The van der Waals surface area contributed by atoms with Crippen molar-refractivity contribution in [1.82, 2.24) is 10.6 Å². The number of rotatable bonds is 9. The Kier molecular flexibility index (Phi) is 7.49. The molecule has 0 aliphatic carbocycles. The van der Waals surface area contributed by atoms with Crippen molar-refractivity contribution in [1.29, 1.82) is 0 Å². The minimum absolute atomic E-state index is 0.173. The minimum Gasteiger partial charge on any atom is -0.493 e. The van der Waals surface area contributed by atoms with Gasteiger partial charge in [0.1, 0.15) is 24.5 Å². The first-order valence-electron chi connectivity index (χ1n) is 10.3. The number of imide groups is 2. The summed E-state index contributed by atoms with van der Waals surface area (Å²) >= 11 is 0. The van der Waals surface area contributed by atoms with Gasteiger partial charge in [0.15, 0.2) is 11.5 Å². The largest absolute Gasteiger partial charge is 0.493 e. The maximum atomic E-state index is 11.9. The van der Waals surface area contributed by atoms with Crippen LogP contribution in [0.15, 0.2) is 48.0 Å². The average molecular weight is 438 g/mol. The molecule has 1 atom stereocenters. The van der Waals surface area contributed by atoms with Crippen LogP contribution in [0.25, 0.3) is 6.08 Å². The molecule has 3 rings (SSSR count). The second-order valence-electron chi connectivity index (χ2n) is 7.28. The van der Waals surface area contributed by atoms with Crippen LogP contribution in [0.4, 0.5) is 4.79 Å². The molecule has 1 saturated heterocycles. The van der Waals surface area contributed by atoms with Gasteiger partial charge >= 0.3 is 6.03 Å². The fraction of sp³-hybridized carbons (Fsp3) is 0.292. The zero-order chi connectivity index (χ0) is 23.1. The SMILES string of the molecule is CC[C@H](C)c1ccc(OCCOc2ccc(C=C3C(=O)NC(=O)NC3=O)cc2OC)cc1. The Balaban J connectivity index is 1.58. The summed E-state index contributed by atoms with van der Waals surface area (Å²) in [6, 6.07) is 12.2. The highest BCUT2D eigenvalue weighted by Gasteiger charge is 2.27. The van der Waals surface area contributed by atoms with Gasteiger partial charge in [-0.05, 0) is 53.8 Å². The van der Waals surface area contributed by atoms with E-state index in [1.807, 2.05) is 22.8 Å². The van der Waals surface area contributed by atoms with E-state index in [-0.39, 0.29) is 5.57 Å². The summed E-state index contributed by atoms with van der Waals surface area (Å²) in [5, 5.41) is 4.06. The Labute approximate surface area is 186 Å². The van der Waals surface area contributed by atoms with Crippen LogP contribution < -0.4 is 24.8 Å². The number of amides is 4. The summed E-state index contributed by atoms with van der Waals surface area (Å²) < 4.78 is 16.8. The van der Waals surface area contributed by atoms with E-state index in [1.165, 1.54) is 18.7 Å². The standard InChI is InChI=1S/C24H26N2O6/c1-4-15(2)17-6-8-18(9-7-17)31-11-12-32-20-10-5-16(14-21(20)30-3)13-19-22(27)25-24(29)26-23(19)28/h5-10,13-15H,4,11-12H2,1-3H3,(H2,25,26,27,28,29)/t15-/m0/s1. The van der Waals surface area contributed by atoms with Gasteiger partial charge in [0.05, 0.1) is 7.11 Å². The van der Waals surface area contributed by atoms with Crippen LogP contribution in [0.3, 0.4) is 0 Å². The summed E-state index contributed by atoms with van der Waals surface area (Å²) in [6.45, 7) is 5.01. The lowest BCUT2D eigenvalue weighted by Crippen LogP contribution is -2.51. The Bertz CT molecular complexity index is 1010. The smallest absolute Gasteiger partial charge is 0.328 e. The first-order valence-corrected chi connectivity index (χ1v) is 10.3. The average Bonchev–Trinajstić information content (AvgIpc) is 2.79. The Hall–Kier alpha value is -3.81. The molecule has 1 fully saturated rings. The summed E-state index contributed by atoms with van der Waals surface area (Å²) in [5.41, 5.74) is 1.65. The van der Waals surface area contributed by atoms with Gasteiger partial charge in [0, 0.05) is 0 Å². The van der Waals surface area contributed by atoms with Gasteiger partial charge < -0.3 is 14.2 Å². The lowest BCUT2D eigenvalue weighted by atomic mass is 9.99. The van der Waals surface area contributed by atoms with Gasteiger partial charge in [-0.15, -0.1) is 0 Å². The molecule has 1 heterocycles. The van der Waals surface area contributed by atoms with Gasteiger partial charge in [-0.3, -0.25) is 20.2 Å². The highest BCUT2D eigenvalue weighted by molar-refractivity contribution is 6.31. The second kappa shape index (κ2) is 10.5. The van der Waals surface area contributed by atoms with Crippen molar-refractivity contribution in [3.63, 3.8) is 0 Å². The lowest BCUT2D eigenvalue weighted by Gasteiger charge is -2.15. The number of nitrogens with one attached hydrogen (secondary N) is 2. The van der Waals surface area contributed by atoms with Crippen LogP contribution in [0.5, 0.6) is 17.2 Å². The number of hydrogen-bond acceptors (Lipinski definition) is 6. The fourth-order valence-electron chi connectivity index (χ4n) is 3.11. The summed E-state index contributed by atoms with van der Waals surface area (Å²) in [6.07, 6.45) is 2.46. The molecule has 0 spiro atoms. The van der Waals surface area contributed by atoms with Crippen molar-refractivity contribution in [3.05, 3.63) is 59.2 Å². The van der Waals surface area contributed by atoms with Crippen molar-refractivity contribution in [2.75, 3.05) is 20.3 Å². The van der Waals surface area contributed by atoms with Crippen LogP contribution in [0.1, 0.15) is 37.3 Å². The highest BCUT2D eigenvalue weighted by Crippen LogP contribution is 2.29. The van der Waals surface area contributed by atoms with Crippen LogP contribution in [-0.2, 0) is 9.59 Å². The number of methoxy groups -OCH3 is 1. The van der Waals surface area contributed by atoms with Crippen LogP contribution in [0, 0.1) is 0 Å². The molecule has 0 radical (unpaired) electrons. The predicted octanol–water partition coefficient (Wildman–Crippen LogP) is 3.42. The molecule has 8 nitrogen and oxygen atoms in total. The molecule has 1 aliphatic heterocycles. The predicted molar refractivity (Wildman–Crippen MR) is 119 cm³/mol. The number of barbiturate groups is 1. The van der Waals surface area contributed by atoms with Crippen LogP contribution in [0.2, 0.25) is 0 Å². The molecule has 0 saturated carbocycles. The van der Waals surface area contributed by atoms with E-state index in [0.717, 1.165) is 12.2 Å². The van der Waals surface area contributed by atoms with Crippen molar-refractivity contribution < 1.29 is 28.6 Å². The second-order valence-corrected chi connectivity index (χ2v) is 7.28. The quantitative estimate of drug-likeness (QED) is 0.353. The van der Waals surface area contributed by atoms with Crippen LogP contribution in [-0.4, -0.2) is 38.2 Å². The summed E-state index contributed by atoms with van der Waals surface area (Å²) in [5.74, 6) is 0.711. The molecule has 4 amide bonds. The molecule has 0 bridgehead atoms. The number of carbonyl (C=O) groups excluding carboxylic acids is 3. The molecule has 0 aromatic heterocycles. The monoisotopic (exact) mass is 438 g/mol. The zero-order valence-electron chi connectivity index (χ0n) is 18.3. The van der Waals surface area contributed by atoms with Gasteiger partial charge in [-0.2, -0.15) is 0 Å². The fourth-order valence-corrected chi connectivity index (χ4v) is 3.11. The molecule has 32 heavy (non-hydrogen) atoms. The molecular weight excluding hydrogens is 412 g/mol. The van der Waals surface area contributed by atoms with E-state index >= 15 is 0 Å². The van der Waals surface area contributed by atoms with Crippen LogP contribution >= 0.6 is 0 Å². The van der Waals surface area contributed by atoms with Crippen molar-refractivity contribution in [3.8, 4) is 17.2 Å². The minimum atomic E-state index is -0.841. The third kappa shape index (κ3) is 5.66. The maximum absolute atomic E-state index is 11.9. The molecule has 2 aromatic rings. The summed E-state index contributed by atoms with van der Waals surface area (Å²) in [7, 11) is 1.49. The van der Waals surface area contributed by atoms with E-state index < -0.39 is 17.8 Å². The van der Waals surface area contributed by atoms with Gasteiger partial charge in [0.2, 0.25) is 0 Å². The van der Waals surface area contributed by atoms with E-state index in [0.29, 0.717) is 36.2 Å².